The van der Waals surface area contributed by atoms with Gasteiger partial charge in [0.15, 0.2) is 0 Å². The minimum absolute atomic E-state index is 0.105. The summed E-state index contributed by atoms with van der Waals surface area (Å²) >= 11 is 0. The van der Waals surface area contributed by atoms with Crippen LogP contribution in [0.3, 0.4) is 0 Å². The Kier molecular flexibility index (Phi) is 4.53. The summed E-state index contributed by atoms with van der Waals surface area (Å²) in [5.41, 5.74) is 6.79. The van der Waals surface area contributed by atoms with Crippen LogP contribution in [0.15, 0.2) is 24.4 Å². The molecule has 114 valence electrons. The second-order valence-electron chi connectivity index (χ2n) is 6.32. The maximum absolute atomic E-state index is 9.09. The van der Waals surface area contributed by atoms with E-state index in [1.165, 1.54) is 0 Å². The van der Waals surface area contributed by atoms with Gasteiger partial charge in [0.25, 0.3) is 0 Å². The fourth-order valence-corrected chi connectivity index (χ4v) is 2.03. The minimum Gasteiger partial charge on any atom is -0.400 e. The summed E-state index contributed by atoms with van der Waals surface area (Å²) in [6.45, 7) is 7.96. The van der Waals surface area contributed by atoms with Gasteiger partial charge < -0.3 is 20.1 Å². The first-order valence-corrected chi connectivity index (χ1v) is 7.10. The number of aliphatic hydroxyl groups excluding tert-OH is 1. The number of nitrogens with zero attached hydrogens (tertiary/aromatic N) is 1. The zero-order chi connectivity index (χ0) is 15.7. The molecule has 0 saturated carbocycles. The van der Waals surface area contributed by atoms with Gasteiger partial charge in [-0.1, -0.05) is 12.1 Å². The van der Waals surface area contributed by atoms with Crippen LogP contribution in [0, 0.1) is 0 Å². The molecule has 0 bridgehead atoms. The summed E-state index contributed by atoms with van der Waals surface area (Å²) in [6.07, 6.45) is 5.28. The van der Waals surface area contributed by atoms with Gasteiger partial charge in [0, 0.05) is 12.4 Å². The SMILES string of the molecule is CC1(C)OB(/C=C/c2cncc([C@@H](N)CO)c2)OC1(C)C. The summed E-state index contributed by atoms with van der Waals surface area (Å²) in [6, 6.07) is 1.48. The first-order valence-electron chi connectivity index (χ1n) is 7.10. The average Bonchev–Trinajstić information content (AvgIpc) is 2.64. The van der Waals surface area contributed by atoms with Crippen LogP contribution in [0.5, 0.6) is 0 Å². The number of aliphatic hydroxyl groups is 1. The fraction of sp³-hybridized carbons (Fsp3) is 0.533. The van der Waals surface area contributed by atoms with Gasteiger partial charge in [0.1, 0.15) is 0 Å². The molecule has 0 aromatic carbocycles. The Labute approximate surface area is 126 Å². The van der Waals surface area contributed by atoms with Gasteiger partial charge in [-0.3, -0.25) is 4.98 Å². The summed E-state index contributed by atoms with van der Waals surface area (Å²) in [5, 5.41) is 9.09. The molecule has 1 atom stereocenters. The molecule has 1 saturated heterocycles. The lowest BCUT2D eigenvalue weighted by Crippen LogP contribution is -2.41. The van der Waals surface area contributed by atoms with Crippen molar-refractivity contribution in [2.75, 3.05) is 6.61 Å². The number of rotatable bonds is 4. The van der Waals surface area contributed by atoms with E-state index in [1.54, 1.807) is 12.4 Å². The Balaban J connectivity index is 2.09. The van der Waals surface area contributed by atoms with Crippen LogP contribution in [0.1, 0.15) is 44.9 Å². The zero-order valence-corrected chi connectivity index (χ0v) is 13.0. The van der Waals surface area contributed by atoms with Crippen molar-refractivity contribution in [1.82, 2.24) is 4.98 Å². The largest absolute Gasteiger partial charge is 0.487 e. The molecule has 2 heterocycles. The lowest BCUT2D eigenvalue weighted by Gasteiger charge is -2.32. The van der Waals surface area contributed by atoms with Gasteiger partial charge in [-0.05, 0) is 44.9 Å². The van der Waals surface area contributed by atoms with Gasteiger partial charge in [-0.25, -0.2) is 0 Å². The Morgan fingerprint density at radius 1 is 1.29 bits per heavy atom. The predicted molar refractivity (Wildman–Crippen MR) is 83.4 cm³/mol. The third-order valence-corrected chi connectivity index (χ3v) is 4.12. The van der Waals surface area contributed by atoms with Crippen molar-refractivity contribution in [2.24, 2.45) is 5.73 Å². The highest BCUT2D eigenvalue weighted by Gasteiger charge is 2.49. The summed E-state index contributed by atoms with van der Waals surface area (Å²) < 4.78 is 11.8. The number of nitrogens with two attached hydrogens (primary N) is 1. The highest BCUT2D eigenvalue weighted by atomic mass is 16.7. The Morgan fingerprint density at radius 3 is 2.48 bits per heavy atom. The molecule has 0 unspecified atom stereocenters. The van der Waals surface area contributed by atoms with Crippen molar-refractivity contribution < 1.29 is 14.4 Å². The number of hydrogen-bond donors (Lipinski definition) is 2. The molecule has 5 nitrogen and oxygen atoms in total. The van der Waals surface area contributed by atoms with Crippen LogP contribution in [-0.2, 0) is 9.31 Å². The number of pyridine rings is 1. The van der Waals surface area contributed by atoms with Crippen molar-refractivity contribution in [2.45, 2.75) is 44.9 Å². The lowest BCUT2D eigenvalue weighted by molar-refractivity contribution is 0.00578. The topological polar surface area (TPSA) is 77.6 Å². The standard InChI is InChI=1S/C15H23BN2O3/c1-14(2)15(3,4)21-16(20-14)6-5-11-7-12(9-18-8-11)13(17)10-19/h5-9,13,19H,10,17H2,1-4H3/b6-5+/t13-/m0/s1. The van der Waals surface area contributed by atoms with E-state index < -0.39 is 6.04 Å². The molecule has 1 aromatic rings. The second kappa shape index (κ2) is 5.89. The number of aromatic nitrogens is 1. The Hall–Kier alpha value is -1.21. The molecule has 1 aliphatic rings. The van der Waals surface area contributed by atoms with E-state index in [9.17, 15) is 0 Å². The molecule has 0 spiro atoms. The van der Waals surface area contributed by atoms with Crippen LogP contribution in [0.4, 0.5) is 0 Å². The van der Waals surface area contributed by atoms with Crippen LogP contribution in [0.2, 0.25) is 0 Å². The molecule has 6 heteroatoms. The zero-order valence-electron chi connectivity index (χ0n) is 13.0. The Bertz CT molecular complexity index is 515. The third kappa shape index (κ3) is 3.52. The maximum atomic E-state index is 9.09. The van der Waals surface area contributed by atoms with E-state index in [0.29, 0.717) is 0 Å². The molecular formula is C15H23BN2O3. The van der Waals surface area contributed by atoms with Crippen LogP contribution in [0.25, 0.3) is 6.08 Å². The second-order valence-corrected chi connectivity index (χ2v) is 6.32. The van der Waals surface area contributed by atoms with Crippen molar-refractivity contribution in [3.05, 3.63) is 35.6 Å². The molecule has 3 N–H and O–H groups in total. The highest BCUT2D eigenvalue weighted by Crippen LogP contribution is 2.37. The van der Waals surface area contributed by atoms with Gasteiger partial charge in [0.05, 0.1) is 23.9 Å². The van der Waals surface area contributed by atoms with Crippen LogP contribution >= 0.6 is 0 Å². The highest BCUT2D eigenvalue weighted by molar-refractivity contribution is 6.52. The molecule has 0 radical (unpaired) electrons. The monoisotopic (exact) mass is 290 g/mol. The van der Waals surface area contributed by atoms with E-state index in [-0.39, 0.29) is 24.9 Å². The van der Waals surface area contributed by atoms with Crippen molar-refractivity contribution in [1.29, 1.82) is 0 Å². The molecule has 0 amide bonds. The summed E-state index contributed by atoms with van der Waals surface area (Å²) in [5.74, 6) is 1.86. The summed E-state index contributed by atoms with van der Waals surface area (Å²) in [7, 11) is -0.384. The quantitative estimate of drug-likeness (QED) is 0.826. The molecule has 1 aromatic heterocycles. The fourth-order valence-electron chi connectivity index (χ4n) is 2.03. The van der Waals surface area contributed by atoms with E-state index in [2.05, 4.69) is 4.98 Å². The molecular weight excluding hydrogens is 267 g/mol. The first kappa shape index (κ1) is 16.2. The van der Waals surface area contributed by atoms with Crippen molar-refractivity contribution >= 4 is 13.2 Å². The first-order chi connectivity index (χ1) is 9.75. The lowest BCUT2D eigenvalue weighted by atomic mass is 9.89. The molecule has 21 heavy (non-hydrogen) atoms. The van der Waals surface area contributed by atoms with E-state index >= 15 is 0 Å². The van der Waals surface area contributed by atoms with Crippen molar-refractivity contribution in [3.8, 4) is 0 Å². The van der Waals surface area contributed by atoms with Gasteiger partial charge >= 0.3 is 7.12 Å². The van der Waals surface area contributed by atoms with Crippen LogP contribution in [-0.4, -0.2) is 35.0 Å². The Morgan fingerprint density at radius 2 is 1.90 bits per heavy atom. The van der Waals surface area contributed by atoms with Crippen LogP contribution < -0.4 is 5.73 Å². The molecule has 1 fully saturated rings. The normalized spacial score (nSPS) is 21.9. The van der Waals surface area contributed by atoms with E-state index in [0.717, 1.165) is 11.1 Å². The van der Waals surface area contributed by atoms with Gasteiger partial charge in [-0.2, -0.15) is 0 Å². The molecule has 0 aliphatic carbocycles. The van der Waals surface area contributed by atoms with Gasteiger partial charge in [-0.15, -0.1) is 0 Å². The minimum atomic E-state index is -0.414. The maximum Gasteiger partial charge on any atom is 0.487 e. The smallest absolute Gasteiger partial charge is 0.400 e. The predicted octanol–water partition coefficient (Wildman–Crippen LogP) is 1.72. The molecule has 1 aliphatic heterocycles. The van der Waals surface area contributed by atoms with E-state index in [4.69, 9.17) is 20.1 Å². The van der Waals surface area contributed by atoms with Crippen molar-refractivity contribution in [3.63, 3.8) is 0 Å². The average molecular weight is 290 g/mol. The van der Waals surface area contributed by atoms with Gasteiger partial charge in [0.2, 0.25) is 0 Å². The number of hydrogen-bond acceptors (Lipinski definition) is 5. The van der Waals surface area contributed by atoms with E-state index in [1.807, 2.05) is 45.8 Å². The third-order valence-electron chi connectivity index (χ3n) is 4.12. The molecule has 2 rings (SSSR count). The summed E-state index contributed by atoms with van der Waals surface area (Å²) in [4.78, 5) is 4.13.